The molecule has 0 aromatic heterocycles. The van der Waals surface area contributed by atoms with Crippen LogP contribution in [0.1, 0.15) is 27.2 Å². The van der Waals surface area contributed by atoms with Crippen LogP contribution >= 0.6 is 0 Å². The molecule has 0 bridgehead atoms. The highest BCUT2D eigenvalue weighted by atomic mass is 16.5. The van der Waals surface area contributed by atoms with Crippen molar-refractivity contribution in [2.45, 2.75) is 38.8 Å². The number of benzene rings is 1. The van der Waals surface area contributed by atoms with E-state index in [-0.39, 0.29) is 11.8 Å². The molecule has 1 heterocycles. The van der Waals surface area contributed by atoms with Gasteiger partial charge in [-0.3, -0.25) is 9.59 Å². The molecule has 1 unspecified atom stereocenters. The number of hydrogen-bond acceptors (Lipinski definition) is 3. The summed E-state index contributed by atoms with van der Waals surface area (Å²) >= 11 is 0. The van der Waals surface area contributed by atoms with E-state index in [9.17, 15) is 9.59 Å². The zero-order valence-electron chi connectivity index (χ0n) is 12.8. The summed E-state index contributed by atoms with van der Waals surface area (Å²) in [5.74, 6) is 0.398. The first kappa shape index (κ1) is 15.4. The van der Waals surface area contributed by atoms with Crippen molar-refractivity contribution in [1.82, 2.24) is 10.2 Å². The van der Waals surface area contributed by atoms with Gasteiger partial charge in [-0.1, -0.05) is 25.1 Å². The fraction of sp³-hybridized carbons (Fsp3) is 0.500. The van der Waals surface area contributed by atoms with Crippen LogP contribution in [0.25, 0.3) is 0 Å². The molecule has 2 rings (SSSR count). The molecule has 0 spiro atoms. The van der Waals surface area contributed by atoms with Crippen molar-refractivity contribution < 1.29 is 14.3 Å². The quantitative estimate of drug-likeness (QED) is 0.916. The molecule has 5 nitrogen and oxygen atoms in total. The van der Waals surface area contributed by atoms with Gasteiger partial charge in [0.2, 0.25) is 5.91 Å². The lowest BCUT2D eigenvalue weighted by atomic mass is 9.97. The first-order valence-corrected chi connectivity index (χ1v) is 7.28. The van der Waals surface area contributed by atoms with Crippen LogP contribution < -0.4 is 10.1 Å². The number of carbonyl (C=O) groups excluding carboxylic acids is 2. The fourth-order valence-electron chi connectivity index (χ4n) is 2.43. The number of nitrogens with one attached hydrogen (secondary N) is 1. The Morgan fingerprint density at radius 2 is 2.05 bits per heavy atom. The SMILES string of the molecule is CCC(Oc1ccccc1)C(=O)N1CCNC(=O)C1(C)C. The van der Waals surface area contributed by atoms with Gasteiger partial charge < -0.3 is 15.0 Å². The lowest BCUT2D eigenvalue weighted by molar-refractivity contribution is -0.154. The Balaban J connectivity index is 2.14. The van der Waals surface area contributed by atoms with Crippen molar-refractivity contribution in [3.8, 4) is 5.75 Å². The second-order valence-corrected chi connectivity index (χ2v) is 5.63. The molecule has 21 heavy (non-hydrogen) atoms. The van der Waals surface area contributed by atoms with E-state index in [2.05, 4.69) is 5.32 Å². The molecule has 1 aliphatic heterocycles. The third kappa shape index (κ3) is 3.17. The van der Waals surface area contributed by atoms with E-state index in [0.29, 0.717) is 25.3 Å². The minimum atomic E-state index is -0.844. The van der Waals surface area contributed by atoms with Gasteiger partial charge in [-0.15, -0.1) is 0 Å². The molecule has 1 N–H and O–H groups in total. The van der Waals surface area contributed by atoms with Crippen molar-refractivity contribution in [1.29, 1.82) is 0 Å². The van der Waals surface area contributed by atoms with E-state index in [1.807, 2.05) is 37.3 Å². The average molecular weight is 290 g/mol. The minimum absolute atomic E-state index is 0.128. The van der Waals surface area contributed by atoms with E-state index >= 15 is 0 Å². The van der Waals surface area contributed by atoms with Gasteiger partial charge in [0.15, 0.2) is 6.10 Å². The summed E-state index contributed by atoms with van der Waals surface area (Å²) in [6, 6.07) is 9.28. The Kier molecular flexibility index (Phi) is 4.50. The van der Waals surface area contributed by atoms with Gasteiger partial charge in [0.25, 0.3) is 5.91 Å². The molecule has 1 atom stereocenters. The van der Waals surface area contributed by atoms with Crippen molar-refractivity contribution in [3.05, 3.63) is 30.3 Å². The second kappa shape index (κ2) is 6.16. The molecule has 0 radical (unpaired) electrons. The van der Waals surface area contributed by atoms with E-state index in [0.717, 1.165) is 0 Å². The van der Waals surface area contributed by atoms with Gasteiger partial charge in [0.05, 0.1) is 0 Å². The van der Waals surface area contributed by atoms with Crippen LogP contribution in [0.4, 0.5) is 0 Å². The zero-order chi connectivity index (χ0) is 15.5. The number of piperazine rings is 1. The summed E-state index contributed by atoms with van der Waals surface area (Å²) in [6.45, 7) is 6.41. The van der Waals surface area contributed by atoms with Gasteiger partial charge in [0.1, 0.15) is 11.3 Å². The van der Waals surface area contributed by atoms with Crippen LogP contribution in [0.2, 0.25) is 0 Å². The van der Waals surface area contributed by atoms with Gasteiger partial charge in [-0.2, -0.15) is 0 Å². The fourth-order valence-corrected chi connectivity index (χ4v) is 2.43. The molecule has 1 aliphatic rings. The summed E-state index contributed by atoms with van der Waals surface area (Å²) in [5, 5.41) is 2.79. The standard InChI is InChI=1S/C16H22N2O3/c1-4-13(21-12-8-6-5-7-9-12)14(19)18-11-10-17-15(20)16(18,2)3/h5-9,13H,4,10-11H2,1-3H3,(H,17,20). The molecular weight excluding hydrogens is 268 g/mol. The molecule has 1 saturated heterocycles. The zero-order valence-corrected chi connectivity index (χ0v) is 12.8. The highest BCUT2D eigenvalue weighted by molar-refractivity contribution is 5.93. The molecule has 0 aliphatic carbocycles. The number of amides is 2. The molecule has 1 aromatic carbocycles. The Morgan fingerprint density at radius 3 is 2.67 bits per heavy atom. The summed E-state index contributed by atoms with van der Waals surface area (Å²) in [7, 11) is 0. The number of para-hydroxylation sites is 1. The van der Waals surface area contributed by atoms with Crippen molar-refractivity contribution in [2.75, 3.05) is 13.1 Å². The summed E-state index contributed by atoms with van der Waals surface area (Å²) in [5.41, 5.74) is -0.844. The van der Waals surface area contributed by atoms with Crippen molar-refractivity contribution in [3.63, 3.8) is 0 Å². The Hall–Kier alpha value is -2.04. The lowest BCUT2D eigenvalue weighted by Gasteiger charge is -2.42. The van der Waals surface area contributed by atoms with Crippen LogP contribution in [-0.4, -0.2) is 41.4 Å². The van der Waals surface area contributed by atoms with Gasteiger partial charge in [0, 0.05) is 13.1 Å². The molecule has 1 fully saturated rings. The topological polar surface area (TPSA) is 58.6 Å². The number of carbonyl (C=O) groups is 2. The normalized spacial score (nSPS) is 18.8. The molecule has 2 amide bonds. The van der Waals surface area contributed by atoms with Crippen LogP contribution in [0.5, 0.6) is 5.75 Å². The maximum Gasteiger partial charge on any atom is 0.264 e. The molecule has 0 saturated carbocycles. The van der Waals surface area contributed by atoms with Crippen LogP contribution in [0.15, 0.2) is 30.3 Å². The van der Waals surface area contributed by atoms with E-state index in [1.54, 1.807) is 18.7 Å². The molecule has 114 valence electrons. The monoisotopic (exact) mass is 290 g/mol. The predicted molar refractivity (Wildman–Crippen MR) is 80.0 cm³/mol. The Bertz CT molecular complexity index is 514. The maximum absolute atomic E-state index is 12.7. The minimum Gasteiger partial charge on any atom is -0.481 e. The van der Waals surface area contributed by atoms with Crippen LogP contribution in [-0.2, 0) is 9.59 Å². The summed E-state index contributed by atoms with van der Waals surface area (Å²) < 4.78 is 5.78. The Morgan fingerprint density at radius 1 is 1.38 bits per heavy atom. The van der Waals surface area contributed by atoms with Gasteiger partial charge in [-0.05, 0) is 32.4 Å². The second-order valence-electron chi connectivity index (χ2n) is 5.63. The van der Waals surface area contributed by atoms with Crippen LogP contribution in [0, 0.1) is 0 Å². The number of ether oxygens (including phenoxy) is 1. The maximum atomic E-state index is 12.7. The number of nitrogens with zero attached hydrogens (tertiary/aromatic N) is 1. The van der Waals surface area contributed by atoms with E-state index < -0.39 is 11.6 Å². The first-order chi connectivity index (χ1) is 9.96. The highest BCUT2D eigenvalue weighted by Crippen LogP contribution is 2.21. The largest absolute Gasteiger partial charge is 0.481 e. The smallest absolute Gasteiger partial charge is 0.264 e. The number of rotatable bonds is 4. The van der Waals surface area contributed by atoms with E-state index in [1.165, 1.54) is 0 Å². The molecular formula is C16H22N2O3. The van der Waals surface area contributed by atoms with Gasteiger partial charge >= 0.3 is 0 Å². The third-order valence-electron chi connectivity index (χ3n) is 3.79. The molecule has 1 aromatic rings. The van der Waals surface area contributed by atoms with Gasteiger partial charge in [-0.25, -0.2) is 0 Å². The predicted octanol–water partition coefficient (Wildman–Crippen LogP) is 1.58. The average Bonchev–Trinajstić information content (AvgIpc) is 2.48. The van der Waals surface area contributed by atoms with Crippen molar-refractivity contribution >= 4 is 11.8 Å². The lowest BCUT2D eigenvalue weighted by Crippen LogP contribution is -2.65. The third-order valence-corrected chi connectivity index (χ3v) is 3.79. The highest BCUT2D eigenvalue weighted by Gasteiger charge is 2.42. The summed E-state index contributed by atoms with van der Waals surface area (Å²) in [6.07, 6.45) is -0.0142. The first-order valence-electron chi connectivity index (χ1n) is 7.28. The molecule has 5 heteroatoms. The number of hydrogen-bond donors (Lipinski definition) is 1. The Labute approximate surface area is 125 Å². The van der Waals surface area contributed by atoms with E-state index in [4.69, 9.17) is 4.74 Å². The van der Waals surface area contributed by atoms with Crippen LogP contribution in [0.3, 0.4) is 0 Å². The summed E-state index contributed by atoms with van der Waals surface area (Å²) in [4.78, 5) is 26.3. The van der Waals surface area contributed by atoms with Crippen molar-refractivity contribution in [2.24, 2.45) is 0 Å².